The van der Waals surface area contributed by atoms with Gasteiger partial charge in [-0.25, -0.2) is 0 Å². The molecule has 1 rings (SSSR count). The highest BCUT2D eigenvalue weighted by Gasteiger charge is 2.31. The Morgan fingerprint density at radius 3 is 1.82 bits per heavy atom. The predicted octanol–water partition coefficient (Wildman–Crippen LogP) is 5.28. The van der Waals surface area contributed by atoms with Crippen molar-refractivity contribution in [3.8, 4) is 0 Å². The number of benzene rings is 1. The monoisotopic (exact) mass is 264 g/mol. The molecule has 0 N–H and O–H groups in total. The fourth-order valence-corrected chi connectivity index (χ4v) is 9.08. The van der Waals surface area contributed by atoms with E-state index in [0.717, 1.165) is 5.54 Å². The van der Waals surface area contributed by atoms with Gasteiger partial charge in [-0.3, -0.25) is 0 Å². The van der Waals surface area contributed by atoms with Gasteiger partial charge in [0, 0.05) is 16.1 Å². The molecule has 0 saturated heterocycles. The second-order valence-corrected chi connectivity index (χ2v) is 18.6. The molecule has 2 heteroatoms. The maximum Gasteiger partial charge on any atom is 0.0474 e. The quantitative estimate of drug-likeness (QED) is 0.635. The van der Waals surface area contributed by atoms with Crippen LogP contribution in [0.1, 0.15) is 5.56 Å². The SMILES string of the molecule is C[Si](C)(C)CC(Cc1ccccc1)[Si](C)(C)C. The standard InChI is InChI=1S/C15H28Si2/c1-16(2,3)13-15(17(4,5)6)12-14-10-8-7-9-11-14/h7-11,15H,12-13H2,1-6H3. The van der Waals surface area contributed by atoms with E-state index in [4.69, 9.17) is 0 Å². The highest BCUT2D eigenvalue weighted by Crippen LogP contribution is 2.34. The van der Waals surface area contributed by atoms with Gasteiger partial charge < -0.3 is 0 Å². The predicted molar refractivity (Wildman–Crippen MR) is 85.4 cm³/mol. The van der Waals surface area contributed by atoms with E-state index in [1.807, 2.05) is 0 Å². The van der Waals surface area contributed by atoms with Gasteiger partial charge in [0.25, 0.3) is 0 Å². The topological polar surface area (TPSA) is 0 Å². The molecule has 0 amide bonds. The summed E-state index contributed by atoms with van der Waals surface area (Å²) in [6.45, 7) is 15.1. The Balaban J connectivity index is 2.79. The zero-order valence-corrected chi connectivity index (χ0v) is 14.4. The van der Waals surface area contributed by atoms with E-state index in [2.05, 4.69) is 69.6 Å². The molecule has 0 radical (unpaired) electrons. The van der Waals surface area contributed by atoms with Gasteiger partial charge in [0.1, 0.15) is 0 Å². The second kappa shape index (κ2) is 5.53. The molecule has 0 bridgehead atoms. The first-order valence-corrected chi connectivity index (χ1v) is 14.0. The van der Waals surface area contributed by atoms with Crippen molar-refractivity contribution in [3.63, 3.8) is 0 Å². The van der Waals surface area contributed by atoms with Crippen molar-refractivity contribution in [1.29, 1.82) is 0 Å². The van der Waals surface area contributed by atoms with Crippen LogP contribution >= 0.6 is 0 Å². The molecule has 0 heterocycles. The molecule has 0 fully saturated rings. The van der Waals surface area contributed by atoms with E-state index in [1.54, 1.807) is 0 Å². The average Bonchev–Trinajstić information content (AvgIpc) is 2.15. The van der Waals surface area contributed by atoms with Gasteiger partial charge in [-0.05, 0) is 17.5 Å². The molecule has 0 aliphatic heterocycles. The first-order chi connectivity index (χ1) is 7.68. The van der Waals surface area contributed by atoms with Crippen LogP contribution in [0.25, 0.3) is 0 Å². The lowest BCUT2D eigenvalue weighted by Gasteiger charge is -2.33. The number of hydrogen-bond donors (Lipinski definition) is 0. The lowest BCUT2D eigenvalue weighted by molar-refractivity contribution is 0.857. The molecule has 1 unspecified atom stereocenters. The van der Waals surface area contributed by atoms with Gasteiger partial charge in [-0.2, -0.15) is 0 Å². The third-order valence-corrected chi connectivity index (χ3v) is 8.39. The van der Waals surface area contributed by atoms with Crippen LogP contribution < -0.4 is 0 Å². The van der Waals surface area contributed by atoms with Gasteiger partial charge in [0.2, 0.25) is 0 Å². The summed E-state index contributed by atoms with van der Waals surface area (Å²) in [7, 11) is -1.99. The van der Waals surface area contributed by atoms with E-state index in [0.29, 0.717) is 0 Å². The molecule has 0 aromatic heterocycles. The van der Waals surface area contributed by atoms with E-state index in [-0.39, 0.29) is 0 Å². The summed E-state index contributed by atoms with van der Waals surface area (Å²) in [6, 6.07) is 12.5. The Labute approximate surface area is 109 Å². The van der Waals surface area contributed by atoms with Crippen LogP contribution in [0.5, 0.6) is 0 Å². The first-order valence-electron chi connectivity index (χ1n) is 6.72. The van der Waals surface area contributed by atoms with Crippen LogP contribution in [0, 0.1) is 0 Å². The lowest BCUT2D eigenvalue weighted by atomic mass is 10.1. The molecular weight excluding hydrogens is 236 g/mol. The Hall–Kier alpha value is -0.346. The largest absolute Gasteiger partial charge is 0.0695 e. The summed E-state index contributed by atoms with van der Waals surface area (Å²) in [4.78, 5) is 0. The van der Waals surface area contributed by atoms with Crippen molar-refractivity contribution in [1.82, 2.24) is 0 Å². The minimum Gasteiger partial charge on any atom is -0.0695 e. The summed E-state index contributed by atoms with van der Waals surface area (Å²) in [5.41, 5.74) is 2.47. The fourth-order valence-electron chi connectivity index (χ4n) is 2.32. The van der Waals surface area contributed by atoms with E-state index >= 15 is 0 Å². The fraction of sp³-hybridized carbons (Fsp3) is 0.600. The van der Waals surface area contributed by atoms with Crippen LogP contribution in [0.3, 0.4) is 0 Å². The van der Waals surface area contributed by atoms with Crippen molar-refractivity contribution in [2.45, 2.75) is 57.3 Å². The van der Waals surface area contributed by atoms with Crippen molar-refractivity contribution in [2.24, 2.45) is 0 Å². The lowest BCUT2D eigenvalue weighted by Crippen LogP contribution is -2.35. The highest BCUT2D eigenvalue weighted by atomic mass is 28.3. The molecule has 17 heavy (non-hydrogen) atoms. The molecule has 0 saturated carbocycles. The van der Waals surface area contributed by atoms with E-state index in [9.17, 15) is 0 Å². The zero-order chi connectivity index (χ0) is 13.1. The summed E-state index contributed by atoms with van der Waals surface area (Å²) in [5.74, 6) is 0. The maximum absolute atomic E-state index is 2.53. The van der Waals surface area contributed by atoms with Crippen molar-refractivity contribution in [3.05, 3.63) is 35.9 Å². The third kappa shape index (κ3) is 5.69. The first kappa shape index (κ1) is 14.7. The van der Waals surface area contributed by atoms with Crippen molar-refractivity contribution < 1.29 is 0 Å². The second-order valence-electron chi connectivity index (χ2n) is 7.52. The smallest absolute Gasteiger partial charge is 0.0474 e. The molecule has 96 valence electrons. The van der Waals surface area contributed by atoms with Gasteiger partial charge in [0.15, 0.2) is 0 Å². The van der Waals surface area contributed by atoms with Crippen LogP contribution in [-0.4, -0.2) is 16.1 Å². The molecule has 1 aromatic rings. The van der Waals surface area contributed by atoms with Crippen molar-refractivity contribution in [2.75, 3.05) is 0 Å². The van der Waals surface area contributed by atoms with Crippen LogP contribution in [-0.2, 0) is 6.42 Å². The Kier molecular flexibility index (Phi) is 4.79. The normalized spacial score (nSPS) is 14.7. The van der Waals surface area contributed by atoms with Crippen LogP contribution in [0.15, 0.2) is 30.3 Å². The average molecular weight is 265 g/mol. The molecule has 1 atom stereocenters. The summed E-state index contributed by atoms with van der Waals surface area (Å²) in [6.07, 6.45) is 1.29. The minimum absolute atomic E-state index is 0.941. The Bertz CT molecular complexity index is 330. The molecule has 0 nitrogen and oxygen atoms in total. The molecule has 0 spiro atoms. The van der Waals surface area contributed by atoms with Gasteiger partial charge in [-0.15, -0.1) is 0 Å². The molecule has 0 aliphatic rings. The Morgan fingerprint density at radius 2 is 1.41 bits per heavy atom. The van der Waals surface area contributed by atoms with E-state index in [1.165, 1.54) is 18.0 Å². The minimum atomic E-state index is -1.04. The van der Waals surface area contributed by atoms with Crippen LogP contribution in [0.4, 0.5) is 0 Å². The molecule has 1 aromatic carbocycles. The summed E-state index contributed by atoms with van der Waals surface area (Å²) < 4.78 is 0. The van der Waals surface area contributed by atoms with Gasteiger partial charge in [-0.1, -0.05) is 75.7 Å². The summed E-state index contributed by atoms with van der Waals surface area (Å²) in [5, 5.41) is 0. The summed E-state index contributed by atoms with van der Waals surface area (Å²) >= 11 is 0. The van der Waals surface area contributed by atoms with Gasteiger partial charge >= 0.3 is 0 Å². The van der Waals surface area contributed by atoms with E-state index < -0.39 is 16.1 Å². The number of rotatable bonds is 5. The Morgan fingerprint density at radius 1 is 0.882 bits per heavy atom. The van der Waals surface area contributed by atoms with Crippen molar-refractivity contribution >= 4 is 16.1 Å². The van der Waals surface area contributed by atoms with Crippen LogP contribution in [0.2, 0.25) is 50.9 Å². The van der Waals surface area contributed by atoms with Gasteiger partial charge in [0.05, 0.1) is 0 Å². The maximum atomic E-state index is 2.53. The molecule has 0 aliphatic carbocycles. The third-order valence-electron chi connectivity index (χ3n) is 3.41. The number of hydrogen-bond acceptors (Lipinski definition) is 0. The molecular formula is C15H28Si2. The highest BCUT2D eigenvalue weighted by molar-refractivity contribution is 6.82. The zero-order valence-electron chi connectivity index (χ0n) is 12.4.